The molecule has 0 spiro atoms. The smallest absolute Gasteiger partial charge is 0.160 e. The fourth-order valence-corrected chi connectivity index (χ4v) is 10.8. The van der Waals surface area contributed by atoms with Gasteiger partial charge in [0, 0.05) is 44.3 Å². The minimum absolute atomic E-state index is 0.0828. The van der Waals surface area contributed by atoms with Crippen LogP contribution in [0.15, 0.2) is 132 Å². The molecule has 4 fully saturated rings. The quantitative estimate of drug-likeness (QED) is 0.179. The van der Waals surface area contributed by atoms with Gasteiger partial charge in [-0.15, -0.1) is 0 Å². The zero-order valence-corrected chi connectivity index (χ0v) is 28.8. The van der Waals surface area contributed by atoms with Crippen LogP contribution in [0, 0.1) is 11.8 Å². The van der Waals surface area contributed by atoms with Gasteiger partial charge in [-0.1, -0.05) is 107 Å². The number of rotatable bonds is 5. The van der Waals surface area contributed by atoms with E-state index in [9.17, 15) is 0 Å². The van der Waals surface area contributed by atoms with E-state index >= 15 is 0 Å². The number of fused-ring (bicyclic) bond motifs is 2. The topological polar surface area (TPSA) is 51.6 Å². The molecule has 4 saturated carbocycles. The summed E-state index contributed by atoms with van der Waals surface area (Å²) >= 11 is 3.82. The van der Waals surface area contributed by atoms with Crippen molar-refractivity contribution < 1.29 is 0 Å². The molecule has 5 heteroatoms. The molecule has 238 valence electrons. The molecule has 4 nitrogen and oxygen atoms in total. The molecule has 0 aliphatic heterocycles. The third kappa shape index (κ3) is 4.69. The number of aromatic nitrogens is 4. The first kappa shape index (κ1) is 29.2. The van der Waals surface area contributed by atoms with Crippen LogP contribution in [0.2, 0.25) is 0 Å². The molecule has 4 aliphatic rings. The number of halogens is 1. The largest absolute Gasteiger partial charge is 0.256 e. The van der Waals surface area contributed by atoms with Crippen LogP contribution in [0.3, 0.4) is 0 Å². The fourth-order valence-electron chi connectivity index (χ4n) is 10.3. The van der Waals surface area contributed by atoms with E-state index in [1.807, 2.05) is 36.7 Å². The van der Waals surface area contributed by atoms with Crippen molar-refractivity contribution in [2.24, 2.45) is 11.8 Å². The molecule has 2 atom stereocenters. The summed E-state index contributed by atoms with van der Waals surface area (Å²) in [7, 11) is 0. The van der Waals surface area contributed by atoms with E-state index in [-0.39, 0.29) is 10.8 Å². The average Bonchev–Trinajstić information content (AvgIpc) is 3.14. The van der Waals surface area contributed by atoms with Crippen LogP contribution in [0.5, 0.6) is 0 Å². The van der Waals surface area contributed by atoms with E-state index in [1.165, 1.54) is 54.1 Å². The molecule has 49 heavy (non-hydrogen) atoms. The first-order chi connectivity index (χ1) is 24.1. The second-order valence-corrected chi connectivity index (χ2v) is 15.6. The van der Waals surface area contributed by atoms with E-state index < -0.39 is 0 Å². The highest BCUT2D eigenvalue weighted by Crippen LogP contribution is 2.67. The third-order valence-corrected chi connectivity index (χ3v) is 12.5. The summed E-state index contributed by atoms with van der Waals surface area (Å²) in [6, 6.07) is 40.8. The molecule has 0 saturated heterocycles. The van der Waals surface area contributed by atoms with Gasteiger partial charge in [-0.05, 0) is 96.6 Å². The van der Waals surface area contributed by atoms with Gasteiger partial charge in [0.05, 0.1) is 22.4 Å². The third-order valence-electron chi connectivity index (χ3n) is 11.8. The van der Waals surface area contributed by atoms with E-state index in [0.29, 0.717) is 11.8 Å². The van der Waals surface area contributed by atoms with Gasteiger partial charge in [0.25, 0.3) is 0 Å². The Kier molecular flexibility index (Phi) is 6.64. The Morgan fingerprint density at radius 2 is 1.12 bits per heavy atom. The second-order valence-electron chi connectivity index (χ2n) is 14.8. The fraction of sp³-hybridized carbons (Fsp3) is 0.227. The Hall–Kier alpha value is -4.74. The number of hydrogen-bond acceptors (Lipinski definition) is 4. The zero-order valence-electron chi connectivity index (χ0n) is 27.2. The minimum Gasteiger partial charge on any atom is -0.256 e. The normalized spacial score (nSPS) is 24.1. The highest BCUT2D eigenvalue weighted by molar-refractivity contribution is 9.10. The van der Waals surface area contributed by atoms with Crippen molar-refractivity contribution in [1.82, 2.24) is 19.9 Å². The number of nitrogens with zero attached hydrogens (tertiary/aromatic N) is 4. The first-order valence-electron chi connectivity index (χ1n) is 17.5. The van der Waals surface area contributed by atoms with Crippen molar-refractivity contribution in [3.8, 4) is 33.9 Å². The summed E-state index contributed by atoms with van der Waals surface area (Å²) in [6.45, 7) is 0. The molecule has 0 radical (unpaired) electrons. The lowest BCUT2D eigenvalue weighted by Crippen LogP contribution is -2.56. The van der Waals surface area contributed by atoms with Gasteiger partial charge in [0.15, 0.2) is 5.82 Å². The van der Waals surface area contributed by atoms with Gasteiger partial charge < -0.3 is 0 Å². The van der Waals surface area contributed by atoms with Crippen LogP contribution >= 0.6 is 15.9 Å². The maximum absolute atomic E-state index is 5.21. The van der Waals surface area contributed by atoms with Gasteiger partial charge in [-0.25, -0.2) is 9.97 Å². The molecule has 7 aromatic rings. The van der Waals surface area contributed by atoms with Gasteiger partial charge in [0.1, 0.15) is 0 Å². The molecule has 4 aromatic carbocycles. The van der Waals surface area contributed by atoms with E-state index in [1.54, 1.807) is 0 Å². The molecule has 4 bridgehead atoms. The van der Waals surface area contributed by atoms with Crippen LogP contribution < -0.4 is 0 Å². The monoisotopic (exact) mass is 698 g/mol. The first-order valence-corrected chi connectivity index (χ1v) is 18.3. The Bertz CT molecular complexity index is 2320. The van der Waals surface area contributed by atoms with Crippen molar-refractivity contribution in [2.75, 3.05) is 0 Å². The van der Waals surface area contributed by atoms with Crippen molar-refractivity contribution in [3.05, 3.63) is 143 Å². The van der Waals surface area contributed by atoms with Crippen molar-refractivity contribution >= 4 is 37.7 Å². The molecular formula is C44H35BrN4. The van der Waals surface area contributed by atoms with Crippen LogP contribution in [0.1, 0.15) is 49.7 Å². The number of benzene rings is 4. The average molecular weight is 700 g/mol. The highest BCUT2D eigenvalue weighted by Gasteiger charge is 2.59. The Morgan fingerprint density at radius 3 is 1.80 bits per heavy atom. The van der Waals surface area contributed by atoms with Gasteiger partial charge in [-0.2, -0.15) is 0 Å². The summed E-state index contributed by atoms with van der Waals surface area (Å²) in [5.74, 6) is 2.16. The molecule has 3 heterocycles. The zero-order chi connectivity index (χ0) is 32.6. The van der Waals surface area contributed by atoms with Crippen LogP contribution in [-0.2, 0) is 10.8 Å². The predicted octanol–water partition coefficient (Wildman–Crippen LogP) is 11.1. The standard InChI is InChI=1S/C44H35BrN4/c45-37-18-17-36(41-34(37)14-8-20-47-41)44-25-28-21-29(26-44)24-43(23-28,27-44)35-16-15-32(33-13-7-19-46-40(33)35)39-22-38(30-9-3-1-4-10-30)48-42(49-39)31-11-5-2-6-12-31/h1-20,22,28-29H,21,23-27H2. The molecule has 11 rings (SSSR count). The summed E-state index contributed by atoms with van der Waals surface area (Å²) in [6.07, 6.45) is 11.4. The Labute approximate surface area is 294 Å². The minimum atomic E-state index is 0.0828. The lowest BCUT2D eigenvalue weighted by Gasteiger charge is -2.63. The van der Waals surface area contributed by atoms with Crippen LogP contribution in [0.4, 0.5) is 0 Å². The van der Waals surface area contributed by atoms with Crippen molar-refractivity contribution in [1.29, 1.82) is 0 Å². The highest BCUT2D eigenvalue weighted by atomic mass is 79.9. The van der Waals surface area contributed by atoms with Crippen molar-refractivity contribution in [3.63, 3.8) is 0 Å². The van der Waals surface area contributed by atoms with Crippen molar-refractivity contribution in [2.45, 2.75) is 49.4 Å². The van der Waals surface area contributed by atoms with Gasteiger partial charge in [0.2, 0.25) is 0 Å². The predicted molar refractivity (Wildman–Crippen MR) is 201 cm³/mol. The molecule has 0 amide bonds. The molecule has 4 aliphatic carbocycles. The summed E-state index contributed by atoms with van der Waals surface area (Å²) in [5.41, 5.74) is 10.4. The van der Waals surface area contributed by atoms with Gasteiger partial charge in [-0.3, -0.25) is 9.97 Å². The van der Waals surface area contributed by atoms with E-state index in [0.717, 1.165) is 55.7 Å². The van der Waals surface area contributed by atoms with E-state index in [2.05, 4.69) is 107 Å². The van der Waals surface area contributed by atoms with Crippen LogP contribution in [-0.4, -0.2) is 19.9 Å². The van der Waals surface area contributed by atoms with Crippen LogP contribution in [0.25, 0.3) is 55.7 Å². The Balaban J connectivity index is 1.14. The summed E-state index contributed by atoms with van der Waals surface area (Å²) < 4.78 is 1.13. The van der Waals surface area contributed by atoms with E-state index in [4.69, 9.17) is 19.9 Å². The lowest BCUT2D eigenvalue weighted by atomic mass is 9.41. The molecular weight excluding hydrogens is 664 g/mol. The van der Waals surface area contributed by atoms with Gasteiger partial charge >= 0.3 is 0 Å². The SMILES string of the molecule is Brc1ccc(C23CC4CC(C2)CC(c2ccc(-c5cc(-c6ccccc6)nc(-c6ccccc6)n5)c5cccnc25)(C4)C3)c2ncccc12. The molecule has 2 unspecified atom stereocenters. The maximum atomic E-state index is 5.21. The summed E-state index contributed by atoms with van der Waals surface area (Å²) in [4.78, 5) is 20.4. The molecule has 3 aromatic heterocycles. The maximum Gasteiger partial charge on any atom is 0.160 e. The second kappa shape index (κ2) is 11.1. The number of pyridine rings is 2. The summed E-state index contributed by atoms with van der Waals surface area (Å²) in [5, 5.41) is 2.38. The Morgan fingerprint density at radius 1 is 0.551 bits per heavy atom. The number of hydrogen-bond donors (Lipinski definition) is 0. The molecule has 0 N–H and O–H groups in total. The lowest BCUT2D eigenvalue weighted by molar-refractivity contribution is -0.0270.